The van der Waals surface area contributed by atoms with Gasteiger partial charge in [0.1, 0.15) is 5.75 Å². The van der Waals surface area contributed by atoms with Crippen LogP contribution in [0.15, 0.2) is 84.2 Å². The zero-order valence-corrected chi connectivity index (χ0v) is 19.5. The summed E-state index contributed by atoms with van der Waals surface area (Å²) in [4.78, 5) is 19.5. The number of pyridine rings is 1. The molecule has 1 aliphatic rings. The van der Waals surface area contributed by atoms with E-state index in [9.17, 15) is 9.90 Å². The Labute approximate surface area is 202 Å². The highest BCUT2D eigenvalue weighted by molar-refractivity contribution is 7.17. The monoisotopic (exact) mass is 468 g/mol. The Hall–Kier alpha value is -3.81. The molecule has 0 spiro atoms. The van der Waals surface area contributed by atoms with Gasteiger partial charge < -0.3 is 10.8 Å². The molecule has 7 heteroatoms. The summed E-state index contributed by atoms with van der Waals surface area (Å²) < 4.78 is 0. The number of carbonyl (C=O) groups excluding carboxylic acids is 1. The molecule has 0 aliphatic carbocycles. The predicted octanol–water partition coefficient (Wildman–Crippen LogP) is 5.27. The van der Waals surface area contributed by atoms with Gasteiger partial charge in [-0.1, -0.05) is 42.5 Å². The zero-order chi connectivity index (χ0) is 23.7. The third-order valence-corrected chi connectivity index (χ3v) is 7.05. The van der Waals surface area contributed by atoms with Crippen LogP contribution in [-0.2, 0) is 6.54 Å². The number of hydrazone groups is 1. The number of carbonyl (C=O) groups is 1. The second kappa shape index (κ2) is 9.21. The van der Waals surface area contributed by atoms with E-state index in [1.54, 1.807) is 24.5 Å². The Morgan fingerprint density at radius 1 is 1.12 bits per heavy atom. The average Bonchev–Trinajstić information content (AvgIpc) is 3.52. The van der Waals surface area contributed by atoms with Gasteiger partial charge in [-0.15, -0.1) is 11.3 Å². The summed E-state index contributed by atoms with van der Waals surface area (Å²) in [5.74, 6) is -0.0572. The Morgan fingerprint density at radius 2 is 1.91 bits per heavy atom. The van der Waals surface area contributed by atoms with Crippen LogP contribution in [0.4, 0.5) is 0 Å². The van der Waals surface area contributed by atoms with Crippen molar-refractivity contribution >= 4 is 23.0 Å². The average molecular weight is 469 g/mol. The van der Waals surface area contributed by atoms with Crippen molar-refractivity contribution in [1.82, 2.24) is 9.99 Å². The largest absolute Gasteiger partial charge is 0.508 e. The summed E-state index contributed by atoms with van der Waals surface area (Å²) in [5.41, 5.74) is 11.3. The van der Waals surface area contributed by atoms with Crippen molar-refractivity contribution in [2.45, 2.75) is 25.9 Å². The number of nitrogens with two attached hydrogens (primary N) is 1. The Kier molecular flexibility index (Phi) is 5.96. The molecule has 4 aromatic rings. The molecule has 0 saturated heterocycles. The number of hydrogen-bond donors (Lipinski definition) is 2. The van der Waals surface area contributed by atoms with Crippen molar-refractivity contribution in [2.24, 2.45) is 10.8 Å². The molecule has 0 fully saturated rings. The fourth-order valence-electron chi connectivity index (χ4n) is 4.25. The van der Waals surface area contributed by atoms with Crippen LogP contribution in [-0.4, -0.2) is 26.7 Å². The molecule has 2 aromatic carbocycles. The second-order valence-electron chi connectivity index (χ2n) is 8.25. The van der Waals surface area contributed by atoms with Crippen molar-refractivity contribution in [3.63, 3.8) is 0 Å². The van der Waals surface area contributed by atoms with E-state index in [2.05, 4.69) is 4.98 Å². The van der Waals surface area contributed by atoms with E-state index in [0.29, 0.717) is 23.4 Å². The Bertz CT molecular complexity index is 1390. The first-order chi connectivity index (χ1) is 16.5. The summed E-state index contributed by atoms with van der Waals surface area (Å²) in [6.45, 7) is 2.40. The van der Waals surface area contributed by atoms with Crippen LogP contribution in [0.25, 0.3) is 10.4 Å². The lowest BCUT2D eigenvalue weighted by Gasteiger charge is -2.22. The first-order valence-corrected chi connectivity index (χ1v) is 11.9. The van der Waals surface area contributed by atoms with Gasteiger partial charge >= 0.3 is 0 Å². The molecular weight excluding hydrogens is 444 g/mol. The van der Waals surface area contributed by atoms with Crippen LogP contribution in [0.2, 0.25) is 0 Å². The number of aromatic hydroxyl groups is 1. The minimum Gasteiger partial charge on any atom is -0.508 e. The third kappa shape index (κ3) is 4.11. The topological polar surface area (TPSA) is 91.8 Å². The number of phenols is 1. The van der Waals surface area contributed by atoms with Crippen molar-refractivity contribution in [2.75, 3.05) is 0 Å². The van der Waals surface area contributed by atoms with Crippen LogP contribution in [0.5, 0.6) is 5.75 Å². The number of rotatable bonds is 5. The summed E-state index contributed by atoms with van der Waals surface area (Å²) in [6.07, 6.45) is 4.03. The van der Waals surface area contributed by atoms with Crippen LogP contribution < -0.4 is 5.73 Å². The van der Waals surface area contributed by atoms with Gasteiger partial charge in [0.2, 0.25) is 0 Å². The van der Waals surface area contributed by atoms with E-state index in [4.69, 9.17) is 10.8 Å². The maximum atomic E-state index is 13.7. The fraction of sp³-hybridized carbons (Fsp3) is 0.148. The highest BCUT2D eigenvalue weighted by atomic mass is 32.1. The first-order valence-electron chi connectivity index (χ1n) is 11.0. The molecule has 0 bridgehead atoms. The maximum absolute atomic E-state index is 13.7. The molecule has 3 heterocycles. The van der Waals surface area contributed by atoms with Crippen molar-refractivity contribution in [3.05, 3.63) is 106 Å². The number of para-hydroxylation sites is 1. The molecule has 0 saturated carbocycles. The SMILES string of the molecule is Cc1cncc(C2=NN(C(=O)c3ccc(-c4ccccc4CN)s3)C(c3ccccc3O)C2)c1. The molecule has 1 amide bonds. The molecule has 3 N–H and O–H groups in total. The summed E-state index contributed by atoms with van der Waals surface area (Å²) in [7, 11) is 0. The van der Waals surface area contributed by atoms with E-state index >= 15 is 0 Å². The molecule has 2 aromatic heterocycles. The maximum Gasteiger partial charge on any atom is 0.284 e. The number of benzene rings is 2. The molecule has 5 rings (SSSR count). The van der Waals surface area contributed by atoms with Crippen LogP contribution in [0.3, 0.4) is 0 Å². The van der Waals surface area contributed by atoms with Crippen LogP contribution >= 0.6 is 11.3 Å². The highest BCUT2D eigenvalue weighted by Crippen LogP contribution is 2.39. The number of thiophene rings is 1. The van der Waals surface area contributed by atoms with Gasteiger partial charge in [-0.05, 0) is 47.9 Å². The normalized spacial score (nSPS) is 15.4. The molecule has 1 unspecified atom stereocenters. The lowest BCUT2D eigenvalue weighted by Crippen LogP contribution is -2.26. The van der Waals surface area contributed by atoms with Gasteiger partial charge in [0, 0.05) is 41.4 Å². The Morgan fingerprint density at radius 3 is 2.71 bits per heavy atom. The molecule has 6 nitrogen and oxygen atoms in total. The zero-order valence-electron chi connectivity index (χ0n) is 18.7. The fourth-order valence-corrected chi connectivity index (χ4v) is 5.24. The van der Waals surface area contributed by atoms with Gasteiger partial charge in [-0.25, -0.2) is 5.01 Å². The van der Waals surface area contributed by atoms with E-state index in [1.807, 2.05) is 61.5 Å². The van der Waals surface area contributed by atoms with E-state index in [1.165, 1.54) is 16.3 Å². The van der Waals surface area contributed by atoms with E-state index in [-0.39, 0.29) is 11.7 Å². The molecule has 170 valence electrons. The molecule has 0 radical (unpaired) electrons. The van der Waals surface area contributed by atoms with E-state index < -0.39 is 6.04 Å². The summed E-state index contributed by atoms with van der Waals surface area (Å²) >= 11 is 1.42. The van der Waals surface area contributed by atoms with Crippen LogP contribution in [0.1, 0.15) is 44.4 Å². The lowest BCUT2D eigenvalue weighted by molar-refractivity contribution is 0.0714. The summed E-state index contributed by atoms with van der Waals surface area (Å²) in [5, 5.41) is 16.8. The molecular formula is C27H24N4O2S. The van der Waals surface area contributed by atoms with Gasteiger partial charge in [0.05, 0.1) is 16.6 Å². The quantitative estimate of drug-likeness (QED) is 0.417. The van der Waals surface area contributed by atoms with Gasteiger partial charge in [-0.3, -0.25) is 9.78 Å². The highest BCUT2D eigenvalue weighted by Gasteiger charge is 2.35. The van der Waals surface area contributed by atoms with E-state index in [0.717, 1.165) is 32.8 Å². The number of amides is 1. The number of nitrogens with zero attached hydrogens (tertiary/aromatic N) is 3. The number of hydrogen-bond acceptors (Lipinski definition) is 6. The standard InChI is InChI=1S/C27H24N4O2S/c1-17-12-19(16-29-15-17)22-13-23(21-8-4-5-9-24(21)32)31(30-22)27(33)26-11-10-25(34-26)20-7-3-2-6-18(20)14-28/h2-12,15-16,23,32H,13-14,28H2,1H3. The van der Waals surface area contributed by atoms with Crippen molar-refractivity contribution in [1.29, 1.82) is 0 Å². The number of aryl methyl sites for hydroxylation is 1. The second-order valence-corrected chi connectivity index (χ2v) is 9.34. The van der Waals surface area contributed by atoms with Crippen molar-refractivity contribution < 1.29 is 9.90 Å². The predicted molar refractivity (Wildman–Crippen MR) is 135 cm³/mol. The van der Waals surface area contributed by atoms with Gasteiger partial charge in [0.15, 0.2) is 0 Å². The smallest absolute Gasteiger partial charge is 0.284 e. The van der Waals surface area contributed by atoms with Crippen LogP contribution in [0, 0.1) is 6.92 Å². The van der Waals surface area contributed by atoms with Gasteiger partial charge in [-0.2, -0.15) is 5.10 Å². The van der Waals surface area contributed by atoms with Gasteiger partial charge in [0.25, 0.3) is 5.91 Å². The summed E-state index contributed by atoms with van der Waals surface area (Å²) in [6, 6.07) is 20.4. The Balaban J connectivity index is 1.53. The molecule has 1 aliphatic heterocycles. The first kappa shape index (κ1) is 22.0. The molecule has 1 atom stereocenters. The third-order valence-electron chi connectivity index (χ3n) is 5.94. The minimum absolute atomic E-state index is 0.146. The number of phenolic OH excluding ortho intramolecular Hbond substituents is 1. The lowest BCUT2D eigenvalue weighted by atomic mass is 9.98. The number of aromatic nitrogens is 1. The molecule has 34 heavy (non-hydrogen) atoms. The van der Waals surface area contributed by atoms with Crippen molar-refractivity contribution in [3.8, 4) is 16.2 Å². The minimum atomic E-state index is -0.411.